The standard InChI is InChI=1S/C18H24O4/c1-18(9-10-3-6-13(18)7-10)22-17(20)15-12-5-4-11(8-12)14(15)16(19)21-2/h4-5,10-15H,3,6-9H2,1-2H3. The summed E-state index contributed by atoms with van der Waals surface area (Å²) in [5.41, 5.74) is -0.313. The van der Waals surface area contributed by atoms with Gasteiger partial charge in [0.05, 0.1) is 18.9 Å². The highest BCUT2D eigenvalue weighted by molar-refractivity contribution is 5.84. The highest BCUT2D eigenvalue weighted by Gasteiger charge is 2.56. The van der Waals surface area contributed by atoms with Gasteiger partial charge in [-0.05, 0) is 62.7 Å². The fraction of sp³-hybridized carbons (Fsp3) is 0.778. The number of rotatable bonds is 3. The Morgan fingerprint density at radius 3 is 2.27 bits per heavy atom. The molecule has 0 aliphatic heterocycles. The molecule has 4 aliphatic rings. The van der Waals surface area contributed by atoms with E-state index in [4.69, 9.17) is 9.47 Å². The topological polar surface area (TPSA) is 52.6 Å². The number of hydrogen-bond acceptors (Lipinski definition) is 4. The quantitative estimate of drug-likeness (QED) is 0.594. The van der Waals surface area contributed by atoms with Crippen molar-refractivity contribution in [3.8, 4) is 0 Å². The molecule has 0 saturated heterocycles. The van der Waals surface area contributed by atoms with Gasteiger partial charge in [-0.25, -0.2) is 0 Å². The van der Waals surface area contributed by atoms with Crippen molar-refractivity contribution in [1.29, 1.82) is 0 Å². The van der Waals surface area contributed by atoms with Gasteiger partial charge in [0.1, 0.15) is 5.60 Å². The molecule has 3 fully saturated rings. The second kappa shape index (κ2) is 4.84. The van der Waals surface area contributed by atoms with Gasteiger partial charge < -0.3 is 9.47 Å². The molecule has 0 aromatic heterocycles. The zero-order chi connectivity index (χ0) is 15.5. The lowest BCUT2D eigenvalue weighted by Crippen LogP contribution is -2.42. The molecule has 3 saturated carbocycles. The second-order valence-electron chi connectivity index (χ2n) is 7.84. The van der Waals surface area contributed by atoms with Crippen LogP contribution < -0.4 is 0 Å². The number of carbonyl (C=O) groups is 2. The van der Waals surface area contributed by atoms with Crippen LogP contribution in [0.1, 0.15) is 39.0 Å². The van der Waals surface area contributed by atoms with Crippen molar-refractivity contribution in [3.63, 3.8) is 0 Å². The van der Waals surface area contributed by atoms with E-state index in [1.807, 2.05) is 0 Å². The van der Waals surface area contributed by atoms with Crippen molar-refractivity contribution < 1.29 is 19.1 Å². The Kier molecular flexibility index (Phi) is 3.14. The maximum absolute atomic E-state index is 12.8. The lowest BCUT2D eigenvalue weighted by molar-refractivity contribution is -0.175. The van der Waals surface area contributed by atoms with Crippen molar-refractivity contribution in [3.05, 3.63) is 12.2 Å². The van der Waals surface area contributed by atoms with Crippen LogP contribution in [0.5, 0.6) is 0 Å². The Bertz CT molecular complexity index is 539. The molecule has 4 rings (SSSR count). The molecule has 4 aliphatic carbocycles. The molecular formula is C18H24O4. The Morgan fingerprint density at radius 1 is 1.05 bits per heavy atom. The first-order chi connectivity index (χ1) is 10.5. The van der Waals surface area contributed by atoms with E-state index in [-0.39, 0.29) is 41.2 Å². The molecule has 0 spiro atoms. The molecule has 7 unspecified atom stereocenters. The average molecular weight is 304 g/mol. The third-order valence-electron chi connectivity index (χ3n) is 6.64. The van der Waals surface area contributed by atoms with Gasteiger partial charge in [0.25, 0.3) is 0 Å². The van der Waals surface area contributed by atoms with Crippen molar-refractivity contribution in [2.45, 2.75) is 44.6 Å². The van der Waals surface area contributed by atoms with Gasteiger partial charge in [-0.1, -0.05) is 12.2 Å². The summed E-state index contributed by atoms with van der Waals surface area (Å²) in [6.45, 7) is 2.09. The Morgan fingerprint density at radius 2 is 1.73 bits per heavy atom. The predicted octanol–water partition coefficient (Wildman–Crippen LogP) is 2.72. The second-order valence-corrected chi connectivity index (χ2v) is 7.84. The number of hydrogen-bond donors (Lipinski definition) is 0. The molecule has 0 amide bonds. The van der Waals surface area contributed by atoms with Crippen LogP contribution in [-0.2, 0) is 19.1 Å². The van der Waals surface area contributed by atoms with E-state index in [1.54, 1.807) is 0 Å². The molecule has 0 N–H and O–H groups in total. The zero-order valence-electron chi connectivity index (χ0n) is 13.3. The summed E-state index contributed by atoms with van der Waals surface area (Å²) in [7, 11) is 1.40. The summed E-state index contributed by atoms with van der Waals surface area (Å²) in [4.78, 5) is 24.9. The highest BCUT2D eigenvalue weighted by atomic mass is 16.6. The SMILES string of the molecule is COC(=O)C1C2C=CC(C2)C1C(=O)OC1(C)CC2CCC1C2. The summed E-state index contributed by atoms with van der Waals surface area (Å²) < 4.78 is 10.9. The first-order valence-electron chi connectivity index (χ1n) is 8.51. The van der Waals surface area contributed by atoms with Crippen LogP contribution in [0.15, 0.2) is 12.2 Å². The Balaban J connectivity index is 1.52. The van der Waals surface area contributed by atoms with Gasteiger partial charge in [0.15, 0.2) is 0 Å². The van der Waals surface area contributed by atoms with Gasteiger partial charge in [-0.3, -0.25) is 9.59 Å². The summed E-state index contributed by atoms with van der Waals surface area (Å²) in [5.74, 6) is 0.366. The third-order valence-corrected chi connectivity index (χ3v) is 6.64. The van der Waals surface area contributed by atoms with Crippen molar-refractivity contribution in [2.24, 2.45) is 35.5 Å². The van der Waals surface area contributed by atoms with Gasteiger partial charge in [0, 0.05) is 0 Å². The monoisotopic (exact) mass is 304 g/mol. The Hall–Kier alpha value is -1.32. The summed E-state index contributed by atoms with van der Waals surface area (Å²) in [6, 6.07) is 0. The largest absolute Gasteiger partial charge is 0.469 e. The van der Waals surface area contributed by atoms with Gasteiger partial charge in [-0.15, -0.1) is 0 Å². The first-order valence-corrected chi connectivity index (χ1v) is 8.51. The minimum absolute atomic E-state index is 0.142. The average Bonchev–Trinajstić information content (AvgIpc) is 3.23. The van der Waals surface area contributed by atoms with Crippen LogP contribution in [0.25, 0.3) is 0 Å². The molecule has 120 valence electrons. The molecular weight excluding hydrogens is 280 g/mol. The minimum Gasteiger partial charge on any atom is -0.469 e. The lowest BCUT2D eigenvalue weighted by atomic mass is 9.82. The van der Waals surface area contributed by atoms with E-state index in [0.29, 0.717) is 5.92 Å². The fourth-order valence-electron chi connectivity index (χ4n) is 5.58. The van der Waals surface area contributed by atoms with Crippen LogP contribution >= 0.6 is 0 Å². The first kappa shape index (κ1) is 14.3. The molecule has 0 aromatic rings. The highest BCUT2D eigenvalue weighted by Crippen LogP contribution is 2.54. The molecule has 0 heterocycles. The van der Waals surface area contributed by atoms with Crippen LogP contribution in [0, 0.1) is 35.5 Å². The number of ether oxygens (including phenoxy) is 2. The van der Waals surface area contributed by atoms with E-state index in [0.717, 1.165) is 18.8 Å². The maximum Gasteiger partial charge on any atom is 0.310 e. The minimum atomic E-state index is -0.352. The summed E-state index contributed by atoms with van der Waals surface area (Å²) in [6.07, 6.45) is 9.66. The van der Waals surface area contributed by atoms with Crippen LogP contribution in [0.4, 0.5) is 0 Å². The molecule has 4 nitrogen and oxygen atoms in total. The molecule has 0 radical (unpaired) electrons. The van der Waals surface area contributed by atoms with Crippen LogP contribution in [0.3, 0.4) is 0 Å². The number of fused-ring (bicyclic) bond motifs is 4. The number of methoxy groups -OCH3 is 1. The zero-order valence-corrected chi connectivity index (χ0v) is 13.3. The van der Waals surface area contributed by atoms with Crippen molar-refractivity contribution in [1.82, 2.24) is 0 Å². The van der Waals surface area contributed by atoms with Crippen LogP contribution in [-0.4, -0.2) is 24.6 Å². The molecule has 7 atom stereocenters. The Labute approximate surface area is 131 Å². The van der Waals surface area contributed by atoms with Gasteiger partial charge >= 0.3 is 11.9 Å². The van der Waals surface area contributed by atoms with Gasteiger partial charge in [0.2, 0.25) is 0 Å². The maximum atomic E-state index is 12.8. The van der Waals surface area contributed by atoms with E-state index < -0.39 is 0 Å². The van der Waals surface area contributed by atoms with E-state index in [1.165, 1.54) is 26.4 Å². The summed E-state index contributed by atoms with van der Waals surface area (Å²) >= 11 is 0. The predicted molar refractivity (Wildman–Crippen MR) is 79.7 cm³/mol. The van der Waals surface area contributed by atoms with Gasteiger partial charge in [-0.2, -0.15) is 0 Å². The van der Waals surface area contributed by atoms with Crippen molar-refractivity contribution >= 4 is 11.9 Å². The van der Waals surface area contributed by atoms with E-state index in [9.17, 15) is 9.59 Å². The molecule has 4 bridgehead atoms. The molecule has 0 aromatic carbocycles. The van der Waals surface area contributed by atoms with E-state index in [2.05, 4.69) is 19.1 Å². The molecule has 22 heavy (non-hydrogen) atoms. The number of esters is 2. The van der Waals surface area contributed by atoms with E-state index >= 15 is 0 Å². The number of allylic oxidation sites excluding steroid dienone is 2. The number of carbonyl (C=O) groups excluding carboxylic acids is 2. The smallest absolute Gasteiger partial charge is 0.310 e. The molecule has 4 heteroatoms. The third kappa shape index (κ3) is 1.95. The summed E-state index contributed by atoms with van der Waals surface area (Å²) in [5, 5.41) is 0. The lowest BCUT2D eigenvalue weighted by Gasteiger charge is -2.36. The fourth-order valence-corrected chi connectivity index (χ4v) is 5.58. The van der Waals surface area contributed by atoms with Crippen molar-refractivity contribution in [2.75, 3.05) is 7.11 Å². The normalized spacial score (nSPS) is 47.9. The van der Waals surface area contributed by atoms with Crippen LogP contribution in [0.2, 0.25) is 0 Å².